The number of nitrogens with one attached hydrogen (secondary N) is 1. The van der Waals surface area contributed by atoms with Crippen molar-refractivity contribution in [2.24, 2.45) is 0 Å². The van der Waals surface area contributed by atoms with Gasteiger partial charge in [-0.2, -0.15) is 0 Å². The van der Waals surface area contributed by atoms with Crippen LogP contribution < -0.4 is 10.9 Å². The second-order valence-corrected chi connectivity index (χ2v) is 9.90. The summed E-state index contributed by atoms with van der Waals surface area (Å²) in [5.74, 6) is -0.211. The van der Waals surface area contributed by atoms with Crippen molar-refractivity contribution in [3.8, 4) is 0 Å². The van der Waals surface area contributed by atoms with Crippen LogP contribution in [0.3, 0.4) is 0 Å². The summed E-state index contributed by atoms with van der Waals surface area (Å²) < 4.78 is 7.33. The summed E-state index contributed by atoms with van der Waals surface area (Å²) in [7, 11) is 0. The molecule has 1 aliphatic rings. The Morgan fingerprint density at radius 3 is 2.62 bits per heavy atom. The molecule has 9 heteroatoms. The zero-order valence-electron chi connectivity index (χ0n) is 19.0. The largest absolute Gasteiger partial charge is 0.376 e. The van der Waals surface area contributed by atoms with Gasteiger partial charge in [-0.1, -0.05) is 23.4 Å². The third kappa shape index (κ3) is 5.68. The molecule has 1 fully saturated rings. The number of ketones is 1. The SMILES string of the molecule is CC(C)NC(=O)c1ccc2c(=O)n(C[C@H]3CCCO3)c(SCC(=O)c3ccc(Cl)cc3)nc2c1. The molecule has 2 heterocycles. The summed E-state index contributed by atoms with van der Waals surface area (Å²) in [5.41, 5.74) is 1.18. The maximum Gasteiger partial charge on any atom is 0.262 e. The van der Waals surface area contributed by atoms with Crippen LogP contribution in [0.25, 0.3) is 10.9 Å². The number of nitrogens with zero attached hydrogens (tertiary/aromatic N) is 2. The lowest BCUT2D eigenvalue weighted by atomic mass is 10.1. The van der Waals surface area contributed by atoms with Crippen molar-refractivity contribution in [3.05, 3.63) is 69.0 Å². The monoisotopic (exact) mass is 499 g/mol. The van der Waals surface area contributed by atoms with Gasteiger partial charge in [-0.3, -0.25) is 19.0 Å². The molecule has 0 radical (unpaired) electrons. The Balaban J connectivity index is 1.68. The third-order valence-corrected chi connectivity index (χ3v) is 6.74. The number of thioether (sulfide) groups is 1. The van der Waals surface area contributed by atoms with Gasteiger partial charge in [0.2, 0.25) is 0 Å². The van der Waals surface area contributed by atoms with Crippen LogP contribution in [0.1, 0.15) is 47.4 Å². The highest BCUT2D eigenvalue weighted by molar-refractivity contribution is 7.99. The topological polar surface area (TPSA) is 90.3 Å². The predicted molar refractivity (Wildman–Crippen MR) is 134 cm³/mol. The molecule has 4 rings (SSSR count). The molecule has 0 bridgehead atoms. The molecule has 1 atom stereocenters. The van der Waals surface area contributed by atoms with Gasteiger partial charge in [0, 0.05) is 28.8 Å². The van der Waals surface area contributed by atoms with E-state index >= 15 is 0 Å². The maximum absolute atomic E-state index is 13.4. The normalized spacial score (nSPS) is 15.7. The van der Waals surface area contributed by atoms with Crippen LogP contribution in [0.15, 0.2) is 52.4 Å². The molecule has 1 N–H and O–H groups in total. The minimum atomic E-state index is -0.227. The van der Waals surface area contributed by atoms with E-state index in [9.17, 15) is 14.4 Å². The lowest BCUT2D eigenvalue weighted by Gasteiger charge is -2.17. The van der Waals surface area contributed by atoms with E-state index < -0.39 is 0 Å². The molecule has 178 valence electrons. The number of hydrogen-bond acceptors (Lipinski definition) is 6. The molecule has 1 aliphatic heterocycles. The van der Waals surface area contributed by atoms with Crippen LogP contribution in [0, 0.1) is 0 Å². The number of fused-ring (bicyclic) bond motifs is 1. The Kier molecular flexibility index (Phi) is 7.70. The Morgan fingerprint density at radius 1 is 1.21 bits per heavy atom. The van der Waals surface area contributed by atoms with Gasteiger partial charge in [-0.25, -0.2) is 4.98 Å². The van der Waals surface area contributed by atoms with E-state index in [0.29, 0.717) is 45.4 Å². The lowest BCUT2D eigenvalue weighted by molar-refractivity contribution is 0.0936. The zero-order valence-corrected chi connectivity index (χ0v) is 20.6. The van der Waals surface area contributed by atoms with E-state index in [1.807, 2.05) is 13.8 Å². The first kappa shape index (κ1) is 24.4. The van der Waals surface area contributed by atoms with Crippen LogP contribution in [0.5, 0.6) is 0 Å². The van der Waals surface area contributed by atoms with Gasteiger partial charge in [0.1, 0.15) is 0 Å². The van der Waals surface area contributed by atoms with Gasteiger partial charge in [0.25, 0.3) is 11.5 Å². The summed E-state index contributed by atoms with van der Waals surface area (Å²) >= 11 is 7.13. The third-order valence-electron chi connectivity index (χ3n) is 5.51. The lowest BCUT2D eigenvalue weighted by Crippen LogP contribution is -2.31. The van der Waals surface area contributed by atoms with Crippen molar-refractivity contribution in [2.45, 2.75) is 50.5 Å². The average molecular weight is 500 g/mol. The molecular formula is C25H26ClN3O4S. The highest BCUT2D eigenvalue weighted by atomic mass is 35.5. The number of benzene rings is 2. The van der Waals surface area contributed by atoms with E-state index in [1.165, 1.54) is 11.8 Å². The maximum atomic E-state index is 13.4. The standard InChI is InChI=1S/C25H26ClN3O4S/c1-15(2)27-23(31)17-7-10-20-21(12-17)28-25(29(24(20)32)13-19-4-3-11-33-19)34-14-22(30)16-5-8-18(26)9-6-16/h5-10,12,15,19H,3-4,11,13-14H2,1-2H3,(H,27,31)/t19-/m1/s1. The molecule has 0 spiro atoms. The first-order valence-corrected chi connectivity index (χ1v) is 12.6. The number of aromatic nitrogens is 2. The van der Waals surface area contributed by atoms with Crippen molar-refractivity contribution >= 4 is 46.0 Å². The number of halogens is 1. The molecule has 3 aromatic rings. The highest BCUT2D eigenvalue weighted by Crippen LogP contribution is 2.23. The van der Waals surface area contributed by atoms with E-state index in [0.717, 1.165) is 12.8 Å². The van der Waals surface area contributed by atoms with Crippen molar-refractivity contribution in [3.63, 3.8) is 0 Å². The molecule has 34 heavy (non-hydrogen) atoms. The van der Waals surface area contributed by atoms with E-state index in [-0.39, 0.29) is 35.1 Å². The molecule has 1 amide bonds. The minimum absolute atomic E-state index is 0.0134. The summed E-state index contributed by atoms with van der Waals surface area (Å²) in [6, 6.07) is 11.6. The molecule has 1 aromatic heterocycles. The van der Waals surface area contributed by atoms with E-state index in [2.05, 4.69) is 5.32 Å². The first-order chi connectivity index (χ1) is 16.3. The van der Waals surface area contributed by atoms with Gasteiger partial charge < -0.3 is 10.1 Å². The molecule has 0 unspecified atom stereocenters. The number of rotatable bonds is 8. The van der Waals surface area contributed by atoms with Crippen LogP contribution in [-0.2, 0) is 11.3 Å². The van der Waals surface area contributed by atoms with Crippen molar-refractivity contribution in [1.29, 1.82) is 0 Å². The number of carbonyl (C=O) groups excluding carboxylic acids is 2. The van der Waals surface area contributed by atoms with Gasteiger partial charge in [-0.15, -0.1) is 0 Å². The van der Waals surface area contributed by atoms with Gasteiger partial charge >= 0.3 is 0 Å². The molecule has 0 aliphatic carbocycles. The summed E-state index contributed by atoms with van der Waals surface area (Å²) in [6.45, 7) is 4.81. The van der Waals surface area contributed by atoms with Crippen LogP contribution in [-0.4, -0.2) is 45.7 Å². The molecule has 2 aromatic carbocycles. The minimum Gasteiger partial charge on any atom is -0.376 e. The van der Waals surface area contributed by atoms with Crippen molar-refractivity contribution in [2.75, 3.05) is 12.4 Å². The van der Waals surface area contributed by atoms with Crippen molar-refractivity contribution < 1.29 is 14.3 Å². The number of Topliss-reactive ketones (excluding diaryl/α,β-unsaturated/α-hetero) is 1. The smallest absolute Gasteiger partial charge is 0.262 e. The Bertz CT molecular complexity index is 1270. The van der Waals surface area contributed by atoms with E-state index in [1.54, 1.807) is 47.0 Å². The predicted octanol–water partition coefficient (Wildman–Crippen LogP) is 4.34. The molecular weight excluding hydrogens is 474 g/mol. The van der Waals surface area contributed by atoms with Gasteiger partial charge in [-0.05, 0) is 69.2 Å². The van der Waals surface area contributed by atoms with E-state index in [4.69, 9.17) is 21.3 Å². The second-order valence-electron chi connectivity index (χ2n) is 8.52. The van der Waals surface area contributed by atoms with Crippen LogP contribution >= 0.6 is 23.4 Å². The second kappa shape index (κ2) is 10.7. The summed E-state index contributed by atoms with van der Waals surface area (Å²) in [5, 5.41) is 4.26. The number of amides is 1. The summed E-state index contributed by atoms with van der Waals surface area (Å²) in [6.07, 6.45) is 1.75. The van der Waals surface area contributed by atoms with Gasteiger partial charge in [0.15, 0.2) is 10.9 Å². The zero-order chi connectivity index (χ0) is 24.2. The van der Waals surface area contributed by atoms with Gasteiger partial charge in [0.05, 0.1) is 29.3 Å². The average Bonchev–Trinajstić information content (AvgIpc) is 3.32. The Morgan fingerprint density at radius 2 is 1.94 bits per heavy atom. The van der Waals surface area contributed by atoms with Crippen LogP contribution in [0.4, 0.5) is 0 Å². The van der Waals surface area contributed by atoms with Crippen molar-refractivity contribution in [1.82, 2.24) is 14.9 Å². The van der Waals surface area contributed by atoms with Crippen LogP contribution in [0.2, 0.25) is 5.02 Å². The fraction of sp³-hybridized carbons (Fsp3) is 0.360. The Labute approximate surface area is 206 Å². The highest BCUT2D eigenvalue weighted by Gasteiger charge is 2.21. The molecule has 0 saturated carbocycles. The number of carbonyl (C=O) groups is 2. The Hall–Kier alpha value is -2.68. The summed E-state index contributed by atoms with van der Waals surface area (Å²) in [4.78, 5) is 43.3. The fourth-order valence-corrected chi connectivity index (χ4v) is 4.83. The molecule has 1 saturated heterocycles. The fourth-order valence-electron chi connectivity index (χ4n) is 3.80. The quantitative estimate of drug-likeness (QED) is 0.281. The first-order valence-electron chi connectivity index (χ1n) is 11.2. The number of hydrogen-bond donors (Lipinski definition) is 1. The molecule has 7 nitrogen and oxygen atoms in total. The number of ether oxygens (including phenoxy) is 1.